The van der Waals surface area contributed by atoms with E-state index in [0.717, 1.165) is 39.6 Å². The topological polar surface area (TPSA) is 72.6 Å². The third kappa shape index (κ3) is 3.80. The largest absolute Gasteiger partial charge is 0.452 e. The number of esters is 1. The van der Waals surface area contributed by atoms with E-state index < -0.39 is 5.97 Å². The minimum absolute atomic E-state index is 0.158. The maximum atomic E-state index is 12.4. The van der Waals surface area contributed by atoms with E-state index in [2.05, 4.69) is 4.98 Å². The van der Waals surface area contributed by atoms with Gasteiger partial charge in [-0.1, -0.05) is 12.1 Å². The van der Waals surface area contributed by atoms with Crippen LogP contribution in [0.1, 0.15) is 44.8 Å². The molecule has 1 aromatic carbocycles. The minimum atomic E-state index is -0.434. The van der Waals surface area contributed by atoms with Crippen LogP contribution in [0.5, 0.6) is 0 Å². The molecular weight excluding hydrogens is 376 g/mol. The molecule has 0 unspecified atom stereocenters. The number of likely N-dealkylation sites (tertiary alicyclic amines) is 1. The van der Waals surface area contributed by atoms with Crippen LogP contribution in [0.2, 0.25) is 0 Å². The van der Waals surface area contributed by atoms with Gasteiger partial charge in [-0.2, -0.15) is 0 Å². The third-order valence-corrected chi connectivity index (χ3v) is 6.06. The SMILES string of the molecule is Cc1cc(C(=O)OCC(=O)N2CCC(c3nc4ccccc4o3)CC2)c(C)s1. The summed E-state index contributed by atoms with van der Waals surface area (Å²) >= 11 is 1.55. The van der Waals surface area contributed by atoms with Gasteiger partial charge in [-0.05, 0) is 44.9 Å². The van der Waals surface area contributed by atoms with E-state index >= 15 is 0 Å². The van der Waals surface area contributed by atoms with Crippen molar-refractivity contribution in [3.05, 3.63) is 51.5 Å². The quantitative estimate of drug-likeness (QED) is 0.620. The zero-order valence-electron chi connectivity index (χ0n) is 15.9. The van der Waals surface area contributed by atoms with Gasteiger partial charge >= 0.3 is 5.97 Å². The normalized spacial score (nSPS) is 15.1. The fraction of sp³-hybridized carbons (Fsp3) is 0.381. The zero-order chi connectivity index (χ0) is 19.7. The smallest absolute Gasteiger partial charge is 0.339 e. The van der Waals surface area contributed by atoms with Crippen molar-refractivity contribution in [2.45, 2.75) is 32.6 Å². The number of benzene rings is 1. The van der Waals surface area contributed by atoms with Gasteiger partial charge in [0.05, 0.1) is 5.56 Å². The lowest BCUT2D eigenvalue weighted by atomic mass is 9.97. The van der Waals surface area contributed by atoms with Crippen LogP contribution in [0, 0.1) is 13.8 Å². The Morgan fingerprint density at radius 3 is 2.68 bits per heavy atom. The number of piperidine rings is 1. The number of carbonyl (C=O) groups excluding carboxylic acids is 2. The molecule has 6 nitrogen and oxygen atoms in total. The Bertz CT molecular complexity index is 982. The van der Waals surface area contributed by atoms with Crippen LogP contribution in [0.15, 0.2) is 34.7 Å². The molecule has 7 heteroatoms. The van der Waals surface area contributed by atoms with Crippen molar-refractivity contribution in [1.82, 2.24) is 9.88 Å². The molecule has 0 spiro atoms. The van der Waals surface area contributed by atoms with Gasteiger partial charge in [-0.25, -0.2) is 9.78 Å². The second-order valence-electron chi connectivity index (χ2n) is 7.08. The summed E-state index contributed by atoms with van der Waals surface area (Å²) in [6.45, 7) is 4.82. The van der Waals surface area contributed by atoms with Crippen molar-refractivity contribution >= 4 is 34.3 Å². The van der Waals surface area contributed by atoms with Gasteiger partial charge in [0.1, 0.15) is 5.52 Å². The van der Waals surface area contributed by atoms with Crippen LogP contribution in [-0.2, 0) is 9.53 Å². The average molecular weight is 398 g/mol. The molecule has 0 N–H and O–H groups in total. The van der Waals surface area contributed by atoms with Crippen molar-refractivity contribution in [3.63, 3.8) is 0 Å². The molecule has 4 rings (SSSR count). The van der Waals surface area contributed by atoms with Crippen molar-refractivity contribution in [3.8, 4) is 0 Å². The fourth-order valence-corrected chi connectivity index (χ4v) is 4.48. The van der Waals surface area contributed by atoms with Crippen LogP contribution >= 0.6 is 11.3 Å². The summed E-state index contributed by atoms with van der Waals surface area (Å²) < 4.78 is 11.1. The predicted octanol–water partition coefficient (Wildman–Crippen LogP) is 4.07. The number of nitrogens with zero attached hydrogens (tertiary/aromatic N) is 2. The standard InChI is InChI=1S/C21H22N2O4S/c1-13-11-16(14(2)28-13)21(25)26-12-19(24)23-9-7-15(8-10-23)20-22-17-5-3-4-6-18(17)27-20/h3-6,11,15H,7-10,12H2,1-2H3. The molecule has 146 valence electrons. The molecule has 1 amide bonds. The lowest BCUT2D eigenvalue weighted by molar-refractivity contribution is -0.135. The maximum Gasteiger partial charge on any atom is 0.339 e. The number of rotatable bonds is 4. The van der Waals surface area contributed by atoms with Crippen LogP contribution in [-0.4, -0.2) is 41.5 Å². The van der Waals surface area contributed by atoms with E-state index in [-0.39, 0.29) is 18.4 Å². The Labute approximate surface area is 167 Å². The molecule has 0 bridgehead atoms. The summed E-state index contributed by atoms with van der Waals surface area (Å²) in [4.78, 5) is 32.9. The number of aryl methyl sites for hydroxylation is 2. The molecule has 2 aromatic heterocycles. The molecule has 0 radical (unpaired) electrons. The molecule has 0 atom stereocenters. The number of thiophene rings is 1. The first kappa shape index (κ1) is 18.7. The Balaban J connectivity index is 1.30. The Hall–Kier alpha value is -2.67. The number of hydrogen-bond donors (Lipinski definition) is 0. The molecular formula is C21H22N2O4S. The minimum Gasteiger partial charge on any atom is -0.452 e. The zero-order valence-corrected chi connectivity index (χ0v) is 16.8. The first-order valence-electron chi connectivity index (χ1n) is 9.38. The number of ether oxygens (including phenoxy) is 1. The number of hydrogen-bond acceptors (Lipinski definition) is 6. The predicted molar refractivity (Wildman–Crippen MR) is 107 cm³/mol. The van der Waals surface area contributed by atoms with E-state index in [4.69, 9.17) is 9.15 Å². The van der Waals surface area contributed by atoms with Gasteiger partial charge < -0.3 is 14.1 Å². The molecule has 28 heavy (non-hydrogen) atoms. The molecule has 0 aliphatic carbocycles. The van der Waals surface area contributed by atoms with E-state index in [1.165, 1.54) is 0 Å². The van der Waals surface area contributed by atoms with E-state index in [1.807, 2.05) is 38.1 Å². The Morgan fingerprint density at radius 1 is 1.25 bits per heavy atom. The van der Waals surface area contributed by atoms with Crippen molar-refractivity contribution < 1.29 is 18.7 Å². The highest BCUT2D eigenvalue weighted by atomic mass is 32.1. The second kappa shape index (κ2) is 7.75. The van der Waals surface area contributed by atoms with Gasteiger partial charge in [0.25, 0.3) is 5.91 Å². The van der Waals surface area contributed by atoms with Crippen LogP contribution < -0.4 is 0 Å². The molecule has 1 aliphatic rings. The van der Waals surface area contributed by atoms with Gasteiger partial charge in [0.2, 0.25) is 0 Å². The molecule has 1 saturated heterocycles. The maximum absolute atomic E-state index is 12.4. The number of para-hydroxylation sites is 2. The van der Waals surface area contributed by atoms with Gasteiger partial charge in [-0.3, -0.25) is 4.79 Å². The highest BCUT2D eigenvalue weighted by molar-refractivity contribution is 7.12. The van der Waals surface area contributed by atoms with Gasteiger partial charge in [0, 0.05) is 28.8 Å². The first-order valence-corrected chi connectivity index (χ1v) is 10.2. The summed E-state index contributed by atoms with van der Waals surface area (Å²) in [5.41, 5.74) is 2.20. The van der Waals surface area contributed by atoms with E-state index in [0.29, 0.717) is 18.7 Å². The summed E-state index contributed by atoms with van der Waals surface area (Å²) in [7, 11) is 0. The number of oxazole rings is 1. The Kier molecular flexibility index (Phi) is 5.17. The van der Waals surface area contributed by atoms with Crippen molar-refractivity contribution in [2.75, 3.05) is 19.7 Å². The number of carbonyl (C=O) groups is 2. The molecule has 1 fully saturated rings. The van der Waals surface area contributed by atoms with E-state index in [1.54, 1.807) is 22.3 Å². The summed E-state index contributed by atoms with van der Waals surface area (Å²) in [5, 5.41) is 0. The van der Waals surface area contributed by atoms with Gasteiger partial charge in [-0.15, -0.1) is 11.3 Å². The van der Waals surface area contributed by atoms with Crippen LogP contribution in [0.4, 0.5) is 0 Å². The number of fused-ring (bicyclic) bond motifs is 1. The van der Waals surface area contributed by atoms with Crippen LogP contribution in [0.3, 0.4) is 0 Å². The summed E-state index contributed by atoms with van der Waals surface area (Å²) in [6.07, 6.45) is 1.57. The van der Waals surface area contributed by atoms with Gasteiger partial charge in [0.15, 0.2) is 18.1 Å². The highest BCUT2D eigenvalue weighted by Crippen LogP contribution is 2.30. The lowest BCUT2D eigenvalue weighted by Gasteiger charge is -2.30. The van der Waals surface area contributed by atoms with Crippen molar-refractivity contribution in [1.29, 1.82) is 0 Å². The first-order chi connectivity index (χ1) is 13.5. The number of amides is 1. The molecule has 3 aromatic rings. The van der Waals surface area contributed by atoms with E-state index in [9.17, 15) is 9.59 Å². The Morgan fingerprint density at radius 2 is 2.00 bits per heavy atom. The molecule has 3 heterocycles. The fourth-order valence-electron chi connectivity index (χ4n) is 3.57. The monoisotopic (exact) mass is 398 g/mol. The molecule has 0 saturated carbocycles. The second-order valence-corrected chi connectivity index (χ2v) is 8.54. The average Bonchev–Trinajstić information content (AvgIpc) is 3.28. The number of aromatic nitrogens is 1. The summed E-state index contributed by atoms with van der Waals surface area (Å²) in [5.74, 6) is 0.351. The third-order valence-electron chi connectivity index (χ3n) is 5.09. The van der Waals surface area contributed by atoms with Crippen molar-refractivity contribution in [2.24, 2.45) is 0 Å². The molecule has 1 aliphatic heterocycles. The highest BCUT2D eigenvalue weighted by Gasteiger charge is 2.27. The summed E-state index contributed by atoms with van der Waals surface area (Å²) in [6, 6.07) is 9.52. The lowest BCUT2D eigenvalue weighted by Crippen LogP contribution is -2.40. The van der Waals surface area contributed by atoms with Crippen LogP contribution in [0.25, 0.3) is 11.1 Å².